The van der Waals surface area contributed by atoms with Gasteiger partial charge in [-0.15, -0.1) is 0 Å². The summed E-state index contributed by atoms with van der Waals surface area (Å²) >= 11 is 0. The van der Waals surface area contributed by atoms with Crippen LogP contribution >= 0.6 is 0 Å². The third-order valence-electron chi connectivity index (χ3n) is 3.64. The molecule has 0 unspecified atom stereocenters. The highest BCUT2D eigenvalue weighted by Gasteiger charge is 2.18. The third kappa shape index (κ3) is 12.3. The van der Waals surface area contributed by atoms with Gasteiger partial charge in [0, 0.05) is 39.3 Å². The molecule has 1 N–H and O–H groups in total. The van der Waals surface area contributed by atoms with Gasteiger partial charge < -0.3 is 15.0 Å². The van der Waals surface area contributed by atoms with Gasteiger partial charge in [0.1, 0.15) is 5.60 Å². The molecular formula is C18H39N3O2. The van der Waals surface area contributed by atoms with Crippen LogP contribution in [-0.4, -0.2) is 67.3 Å². The van der Waals surface area contributed by atoms with Crippen LogP contribution in [0.4, 0.5) is 4.79 Å². The van der Waals surface area contributed by atoms with Crippen molar-refractivity contribution >= 4 is 6.09 Å². The predicted molar refractivity (Wildman–Crippen MR) is 98.0 cm³/mol. The van der Waals surface area contributed by atoms with E-state index < -0.39 is 5.60 Å². The molecule has 0 aromatic carbocycles. The standard InChI is InChI=1S/C16H33N3O2.C2H6/c1-5-6-7-9-18-11-13-19(14-12-18)10-8-17-15(20)21-16(2,3)4;1-2/h5-14H2,1-4H3,(H,17,20);1-2H3. The number of unbranched alkanes of at least 4 members (excludes halogenated alkanes) is 2. The Morgan fingerprint density at radius 1 is 1.00 bits per heavy atom. The van der Waals surface area contributed by atoms with E-state index in [1.54, 1.807) is 0 Å². The van der Waals surface area contributed by atoms with Gasteiger partial charge >= 0.3 is 6.09 Å². The first-order chi connectivity index (χ1) is 10.9. The first-order valence-electron chi connectivity index (χ1n) is 9.32. The number of carbonyl (C=O) groups is 1. The van der Waals surface area contributed by atoms with Gasteiger partial charge in [-0.1, -0.05) is 33.6 Å². The molecule has 1 saturated heterocycles. The monoisotopic (exact) mass is 329 g/mol. The summed E-state index contributed by atoms with van der Waals surface area (Å²) in [6.07, 6.45) is 3.62. The summed E-state index contributed by atoms with van der Waals surface area (Å²) in [6.45, 7) is 19.2. The Morgan fingerprint density at radius 2 is 1.52 bits per heavy atom. The Morgan fingerprint density at radius 3 is 2.00 bits per heavy atom. The van der Waals surface area contributed by atoms with E-state index in [4.69, 9.17) is 4.74 Å². The van der Waals surface area contributed by atoms with E-state index in [0.29, 0.717) is 6.54 Å². The maximum Gasteiger partial charge on any atom is 0.407 e. The van der Waals surface area contributed by atoms with Crippen LogP contribution < -0.4 is 5.32 Å². The van der Waals surface area contributed by atoms with Gasteiger partial charge in [0.2, 0.25) is 0 Å². The van der Waals surface area contributed by atoms with Crippen molar-refractivity contribution in [3.05, 3.63) is 0 Å². The van der Waals surface area contributed by atoms with Crippen LogP contribution in [0.5, 0.6) is 0 Å². The zero-order valence-electron chi connectivity index (χ0n) is 16.3. The summed E-state index contributed by atoms with van der Waals surface area (Å²) in [6, 6.07) is 0. The first kappa shape index (κ1) is 22.2. The highest BCUT2D eigenvalue weighted by molar-refractivity contribution is 5.67. The molecule has 1 heterocycles. The number of nitrogens with one attached hydrogen (secondary N) is 1. The van der Waals surface area contributed by atoms with E-state index >= 15 is 0 Å². The Labute approximate surface area is 143 Å². The minimum Gasteiger partial charge on any atom is -0.444 e. The molecule has 1 rings (SSSR count). The molecule has 0 spiro atoms. The highest BCUT2D eigenvalue weighted by atomic mass is 16.6. The zero-order valence-corrected chi connectivity index (χ0v) is 16.3. The summed E-state index contributed by atoms with van der Waals surface area (Å²) in [4.78, 5) is 16.5. The van der Waals surface area contributed by atoms with Crippen molar-refractivity contribution in [3.63, 3.8) is 0 Å². The molecule has 1 fully saturated rings. The van der Waals surface area contributed by atoms with Crippen LogP contribution in [0.25, 0.3) is 0 Å². The lowest BCUT2D eigenvalue weighted by Gasteiger charge is -2.34. The fourth-order valence-electron chi connectivity index (χ4n) is 2.45. The SMILES string of the molecule is CC.CCCCCN1CCN(CCNC(=O)OC(C)(C)C)CC1. The molecule has 5 nitrogen and oxygen atoms in total. The van der Waals surface area contributed by atoms with Crippen LogP contribution in [0.3, 0.4) is 0 Å². The summed E-state index contributed by atoms with van der Waals surface area (Å²) in [7, 11) is 0. The van der Waals surface area contributed by atoms with Crippen molar-refractivity contribution in [2.24, 2.45) is 0 Å². The van der Waals surface area contributed by atoms with E-state index in [9.17, 15) is 4.79 Å². The highest BCUT2D eigenvalue weighted by Crippen LogP contribution is 2.06. The lowest BCUT2D eigenvalue weighted by atomic mass is 10.2. The molecule has 5 heteroatoms. The smallest absolute Gasteiger partial charge is 0.407 e. The van der Waals surface area contributed by atoms with E-state index in [-0.39, 0.29) is 6.09 Å². The van der Waals surface area contributed by atoms with Crippen LogP contribution in [0.2, 0.25) is 0 Å². The molecule has 0 bridgehead atoms. The number of hydrogen-bond donors (Lipinski definition) is 1. The number of piperazine rings is 1. The van der Waals surface area contributed by atoms with Gasteiger partial charge in [-0.05, 0) is 33.7 Å². The maximum atomic E-state index is 11.5. The number of hydrogen-bond acceptors (Lipinski definition) is 4. The lowest BCUT2D eigenvalue weighted by Crippen LogP contribution is -2.48. The molecule has 0 radical (unpaired) electrons. The van der Waals surface area contributed by atoms with Crippen molar-refractivity contribution in [1.29, 1.82) is 0 Å². The van der Waals surface area contributed by atoms with Gasteiger partial charge in [0.15, 0.2) is 0 Å². The van der Waals surface area contributed by atoms with E-state index in [1.165, 1.54) is 25.8 Å². The summed E-state index contributed by atoms with van der Waals surface area (Å²) in [5.41, 5.74) is -0.422. The summed E-state index contributed by atoms with van der Waals surface area (Å²) in [5, 5.41) is 2.82. The summed E-state index contributed by atoms with van der Waals surface area (Å²) in [5.74, 6) is 0. The molecule has 1 aliphatic rings. The lowest BCUT2D eigenvalue weighted by molar-refractivity contribution is 0.0516. The largest absolute Gasteiger partial charge is 0.444 e. The topological polar surface area (TPSA) is 44.8 Å². The van der Waals surface area contributed by atoms with Crippen LogP contribution in [-0.2, 0) is 4.74 Å². The van der Waals surface area contributed by atoms with Crippen LogP contribution in [0.1, 0.15) is 60.8 Å². The van der Waals surface area contributed by atoms with Crippen molar-refractivity contribution in [2.45, 2.75) is 66.4 Å². The minimum atomic E-state index is -0.422. The van der Waals surface area contributed by atoms with Gasteiger partial charge in [0.05, 0.1) is 0 Å². The number of carbonyl (C=O) groups excluding carboxylic acids is 1. The second kappa shape index (κ2) is 12.6. The van der Waals surface area contributed by atoms with E-state index in [1.807, 2.05) is 34.6 Å². The van der Waals surface area contributed by atoms with E-state index in [0.717, 1.165) is 32.7 Å². The maximum absolute atomic E-state index is 11.5. The average Bonchev–Trinajstić information content (AvgIpc) is 2.49. The van der Waals surface area contributed by atoms with Crippen molar-refractivity contribution in [1.82, 2.24) is 15.1 Å². The molecule has 0 atom stereocenters. The number of ether oxygens (including phenoxy) is 1. The number of nitrogens with zero attached hydrogens (tertiary/aromatic N) is 2. The molecule has 1 aliphatic heterocycles. The van der Waals surface area contributed by atoms with Crippen LogP contribution in [0, 0.1) is 0 Å². The Kier molecular flexibility index (Phi) is 12.1. The second-order valence-electron chi connectivity index (χ2n) is 6.82. The molecule has 23 heavy (non-hydrogen) atoms. The Bertz CT molecular complexity index is 295. The van der Waals surface area contributed by atoms with E-state index in [2.05, 4.69) is 22.0 Å². The van der Waals surface area contributed by atoms with Gasteiger partial charge in [-0.25, -0.2) is 4.79 Å². The second-order valence-corrected chi connectivity index (χ2v) is 6.82. The number of alkyl carbamates (subject to hydrolysis) is 1. The first-order valence-corrected chi connectivity index (χ1v) is 9.32. The Hall–Kier alpha value is -0.810. The van der Waals surface area contributed by atoms with Gasteiger partial charge in [-0.3, -0.25) is 4.90 Å². The Balaban J connectivity index is 0.00000232. The summed E-state index contributed by atoms with van der Waals surface area (Å²) < 4.78 is 5.22. The molecular weight excluding hydrogens is 290 g/mol. The van der Waals surface area contributed by atoms with Gasteiger partial charge in [0.25, 0.3) is 0 Å². The van der Waals surface area contributed by atoms with Crippen LogP contribution in [0.15, 0.2) is 0 Å². The predicted octanol–water partition coefficient (Wildman–Crippen LogP) is 3.35. The van der Waals surface area contributed by atoms with Gasteiger partial charge in [-0.2, -0.15) is 0 Å². The molecule has 0 aromatic rings. The van der Waals surface area contributed by atoms with Crippen molar-refractivity contribution < 1.29 is 9.53 Å². The molecule has 1 amide bonds. The third-order valence-corrected chi connectivity index (χ3v) is 3.64. The molecule has 0 saturated carbocycles. The number of rotatable bonds is 7. The fraction of sp³-hybridized carbons (Fsp3) is 0.944. The fourth-order valence-corrected chi connectivity index (χ4v) is 2.45. The molecule has 0 aromatic heterocycles. The normalized spacial score (nSPS) is 16.4. The molecule has 138 valence electrons. The van der Waals surface area contributed by atoms with Crippen molar-refractivity contribution in [3.8, 4) is 0 Å². The average molecular weight is 330 g/mol. The molecule has 0 aliphatic carbocycles. The quantitative estimate of drug-likeness (QED) is 0.728. The minimum absolute atomic E-state index is 0.319. The zero-order chi connectivity index (χ0) is 17.7. The number of amides is 1. The van der Waals surface area contributed by atoms with Crippen molar-refractivity contribution in [2.75, 3.05) is 45.8 Å².